The number of carbonyl (C=O) groups is 1. The van der Waals surface area contributed by atoms with Crippen LogP contribution < -0.4 is 5.32 Å². The first-order valence-corrected chi connectivity index (χ1v) is 10.0. The van der Waals surface area contributed by atoms with Crippen LogP contribution in [0.1, 0.15) is 34.6 Å². The first-order valence-electron chi connectivity index (χ1n) is 9.22. The average Bonchev–Trinajstić information content (AvgIpc) is 3.05. The van der Waals surface area contributed by atoms with Gasteiger partial charge in [-0.25, -0.2) is 19.3 Å². The number of rotatable bonds is 6. The molecule has 0 saturated carbocycles. The number of carboxylic acid groups (broad SMARTS) is 1. The highest BCUT2D eigenvalue weighted by molar-refractivity contribution is 8.00. The van der Waals surface area contributed by atoms with Gasteiger partial charge in [-0.2, -0.15) is 9.49 Å². The Labute approximate surface area is 175 Å². The summed E-state index contributed by atoms with van der Waals surface area (Å²) in [5.41, 5.74) is 0.557. The zero-order valence-corrected chi connectivity index (χ0v) is 17.9. The van der Waals surface area contributed by atoms with Crippen LogP contribution in [0.5, 0.6) is 0 Å². The SMILES string of the molecule is CC(Nc1nc(-c2n[nH]c3ncc(F)cc23)nc(SC(C)(C)C)c1F)C(C)C(=O)O. The number of nitrogens with zero attached hydrogens (tertiary/aromatic N) is 4. The first kappa shape index (κ1) is 21.9. The molecule has 0 aliphatic rings. The largest absolute Gasteiger partial charge is 0.481 e. The van der Waals surface area contributed by atoms with Gasteiger partial charge >= 0.3 is 5.97 Å². The normalized spacial score (nSPS) is 14.0. The summed E-state index contributed by atoms with van der Waals surface area (Å²) in [4.78, 5) is 23.8. The fraction of sp³-hybridized carbons (Fsp3) is 0.421. The van der Waals surface area contributed by atoms with Gasteiger partial charge in [0, 0.05) is 10.8 Å². The lowest BCUT2D eigenvalue weighted by Crippen LogP contribution is -2.30. The summed E-state index contributed by atoms with van der Waals surface area (Å²) >= 11 is 1.19. The van der Waals surface area contributed by atoms with Gasteiger partial charge in [-0.3, -0.25) is 9.89 Å². The number of pyridine rings is 1. The maximum absolute atomic E-state index is 15.2. The minimum atomic E-state index is -1.02. The number of hydrogen-bond donors (Lipinski definition) is 3. The maximum Gasteiger partial charge on any atom is 0.308 e. The van der Waals surface area contributed by atoms with E-state index in [4.69, 9.17) is 0 Å². The van der Waals surface area contributed by atoms with Gasteiger partial charge in [0.2, 0.25) is 0 Å². The third-order valence-electron chi connectivity index (χ3n) is 4.32. The summed E-state index contributed by atoms with van der Waals surface area (Å²) in [6.45, 7) is 8.86. The monoisotopic (exact) mass is 436 g/mol. The molecule has 11 heteroatoms. The third kappa shape index (κ3) is 4.66. The lowest BCUT2D eigenvalue weighted by Gasteiger charge is -2.21. The highest BCUT2D eigenvalue weighted by Gasteiger charge is 2.26. The van der Waals surface area contributed by atoms with Crippen LogP contribution in [-0.4, -0.2) is 47.0 Å². The molecule has 3 aromatic heterocycles. The highest BCUT2D eigenvalue weighted by atomic mass is 32.2. The van der Waals surface area contributed by atoms with Crippen LogP contribution in [0.3, 0.4) is 0 Å². The van der Waals surface area contributed by atoms with E-state index in [1.807, 2.05) is 20.8 Å². The van der Waals surface area contributed by atoms with Crippen molar-refractivity contribution in [2.24, 2.45) is 5.92 Å². The predicted octanol–water partition coefficient (Wildman–Crippen LogP) is 4.10. The van der Waals surface area contributed by atoms with Gasteiger partial charge < -0.3 is 10.4 Å². The fourth-order valence-electron chi connectivity index (χ4n) is 2.59. The number of nitrogens with one attached hydrogen (secondary N) is 2. The summed E-state index contributed by atoms with van der Waals surface area (Å²) in [7, 11) is 0. The average molecular weight is 436 g/mol. The lowest BCUT2D eigenvalue weighted by molar-refractivity contribution is -0.141. The molecule has 3 heterocycles. The van der Waals surface area contributed by atoms with Crippen LogP contribution in [0.25, 0.3) is 22.6 Å². The molecule has 0 amide bonds. The second-order valence-corrected chi connectivity index (χ2v) is 9.73. The summed E-state index contributed by atoms with van der Waals surface area (Å²) < 4.78 is 28.5. The van der Waals surface area contributed by atoms with Crippen LogP contribution in [-0.2, 0) is 4.79 Å². The molecule has 3 aromatic rings. The van der Waals surface area contributed by atoms with Gasteiger partial charge in [0.05, 0.1) is 17.5 Å². The number of H-pyrrole nitrogens is 1. The third-order valence-corrected chi connectivity index (χ3v) is 5.40. The van der Waals surface area contributed by atoms with E-state index in [0.717, 1.165) is 6.20 Å². The van der Waals surface area contributed by atoms with E-state index in [0.29, 0.717) is 11.0 Å². The fourth-order valence-corrected chi connectivity index (χ4v) is 3.49. The van der Waals surface area contributed by atoms with E-state index in [-0.39, 0.29) is 27.1 Å². The Morgan fingerprint density at radius 2 is 1.97 bits per heavy atom. The molecule has 30 heavy (non-hydrogen) atoms. The number of aromatic amines is 1. The summed E-state index contributed by atoms with van der Waals surface area (Å²) in [6, 6.07) is 0.634. The number of anilines is 1. The Morgan fingerprint density at radius 3 is 2.60 bits per heavy atom. The van der Waals surface area contributed by atoms with Gasteiger partial charge in [0.15, 0.2) is 23.1 Å². The van der Waals surface area contributed by atoms with Crippen LogP contribution in [0.4, 0.5) is 14.6 Å². The van der Waals surface area contributed by atoms with Gasteiger partial charge in [-0.1, -0.05) is 32.5 Å². The highest BCUT2D eigenvalue weighted by Crippen LogP contribution is 2.36. The number of hydrogen-bond acceptors (Lipinski definition) is 7. The zero-order valence-electron chi connectivity index (χ0n) is 17.1. The van der Waals surface area contributed by atoms with E-state index in [9.17, 15) is 14.3 Å². The van der Waals surface area contributed by atoms with Gasteiger partial charge in [-0.15, -0.1) is 0 Å². The second kappa shape index (κ2) is 8.13. The van der Waals surface area contributed by atoms with E-state index >= 15 is 4.39 Å². The molecule has 0 aliphatic heterocycles. The molecule has 8 nitrogen and oxygen atoms in total. The summed E-state index contributed by atoms with van der Waals surface area (Å²) in [6.07, 6.45) is 1.05. The second-order valence-electron chi connectivity index (χ2n) is 7.91. The van der Waals surface area contributed by atoms with Crippen LogP contribution in [0.15, 0.2) is 17.3 Å². The Kier molecular flexibility index (Phi) is 5.93. The number of aliphatic carboxylic acids is 1. The van der Waals surface area contributed by atoms with Crippen molar-refractivity contribution in [2.45, 2.75) is 50.4 Å². The molecule has 0 bridgehead atoms. The molecular weight excluding hydrogens is 414 g/mol. The summed E-state index contributed by atoms with van der Waals surface area (Å²) in [5.74, 6) is -3.13. The van der Waals surface area contributed by atoms with E-state index in [1.54, 1.807) is 6.92 Å². The molecule has 2 unspecified atom stereocenters. The van der Waals surface area contributed by atoms with Gasteiger partial charge in [0.25, 0.3) is 0 Å². The lowest BCUT2D eigenvalue weighted by atomic mass is 10.0. The predicted molar refractivity (Wildman–Crippen MR) is 110 cm³/mol. The number of carboxylic acids is 1. The van der Waals surface area contributed by atoms with Crippen molar-refractivity contribution in [3.8, 4) is 11.5 Å². The van der Waals surface area contributed by atoms with Crippen molar-refractivity contribution >= 4 is 34.6 Å². The minimum Gasteiger partial charge on any atom is -0.481 e. The topological polar surface area (TPSA) is 117 Å². The standard InChI is InChI=1S/C19H22F2N6O2S/c1-8(18(28)29)9(2)23-15-12(21)17(30-19(3,4)5)25-16(24-15)13-11-6-10(20)7-22-14(11)27-26-13/h6-9H,1-5H3,(H,28,29)(H,22,26,27)(H,23,24,25). The van der Waals surface area contributed by atoms with Crippen molar-refractivity contribution in [3.05, 3.63) is 23.9 Å². The number of fused-ring (bicyclic) bond motifs is 1. The molecule has 160 valence electrons. The van der Waals surface area contributed by atoms with Crippen molar-refractivity contribution in [3.63, 3.8) is 0 Å². The molecule has 0 radical (unpaired) electrons. The van der Waals surface area contributed by atoms with Gasteiger partial charge in [0.1, 0.15) is 16.5 Å². The number of halogens is 2. The van der Waals surface area contributed by atoms with Crippen molar-refractivity contribution in [2.75, 3.05) is 5.32 Å². The van der Waals surface area contributed by atoms with E-state index in [2.05, 4.69) is 30.5 Å². The Balaban J connectivity index is 2.13. The summed E-state index contributed by atoms with van der Waals surface area (Å²) in [5, 5.41) is 19.3. The Bertz CT molecular complexity index is 1100. The molecule has 0 saturated heterocycles. The van der Waals surface area contributed by atoms with Crippen LogP contribution in [0, 0.1) is 17.6 Å². The van der Waals surface area contributed by atoms with Crippen LogP contribution >= 0.6 is 11.8 Å². The quantitative estimate of drug-likeness (QED) is 0.391. The zero-order chi connectivity index (χ0) is 22.2. The number of thioether (sulfide) groups is 1. The molecule has 2 atom stereocenters. The number of aromatic nitrogens is 5. The van der Waals surface area contributed by atoms with Gasteiger partial charge in [-0.05, 0) is 19.9 Å². The molecule has 0 spiro atoms. The first-order chi connectivity index (χ1) is 14.0. The molecule has 0 fully saturated rings. The van der Waals surface area contributed by atoms with Crippen molar-refractivity contribution < 1.29 is 18.7 Å². The van der Waals surface area contributed by atoms with E-state index in [1.165, 1.54) is 24.8 Å². The Morgan fingerprint density at radius 1 is 1.27 bits per heavy atom. The molecular formula is C19H22F2N6O2S. The maximum atomic E-state index is 15.2. The molecule has 0 aromatic carbocycles. The molecule has 3 N–H and O–H groups in total. The smallest absolute Gasteiger partial charge is 0.308 e. The van der Waals surface area contributed by atoms with Crippen LogP contribution in [0.2, 0.25) is 0 Å². The molecule has 3 rings (SSSR count). The Hall–Kier alpha value is -2.82. The van der Waals surface area contributed by atoms with Crippen molar-refractivity contribution in [1.82, 2.24) is 25.1 Å². The minimum absolute atomic E-state index is 0.0690. The van der Waals surface area contributed by atoms with Crippen molar-refractivity contribution in [1.29, 1.82) is 0 Å². The van der Waals surface area contributed by atoms with E-state index < -0.39 is 29.6 Å². The molecule has 0 aliphatic carbocycles.